The minimum absolute atomic E-state index is 0.0861. The van der Waals surface area contributed by atoms with Crippen LogP contribution in [0.2, 0.25) is 5.02 Å². The van der Waals surface area contributed by atoms with Crippen LogP contribution in [0.5, 0.6) is 0 Å². The molecule has 0 fully saturated rings. The first kappa shape index (κ1) is 16.7. The zero-order chi connectivity index (χ0) is 14.3. The van der Waals surface area contributed by atoms with Crippen LogP contribution in [0.25, 0.3) is 0 Å². The zero-order valence-corrected chi connectivity index (χ0v) is 12.2. The fourth-order valence-corrected chi connectivity index (χ4v) is 2.77. The van der Waals surface area contributed by atoms with Crippen molar-refractivity contribution in [2.24, 2.45) is 0 Å². The molecule has 6 heteroatoms. The molecular formula is C13H17ClF3NS. The van der Waals surface area contributed by atoms with Crippen LogP contribution in [0.15, 0.2) is 29.2 Å². The van der Waals surface area contributed by atoms with Crippen LogP contribution in [0.3, 0.4) is 0 Å². The number of thioether (sulfide) groups is 1. The maximum Gasteiger partial charge on any atom is 0.389 e. The first-order valence-corrected chi connectivity index (χ1v) is 7.39. The smallest absolute Gasteiger partial charge is 0.316 e. The van der Waals surface area contributed by atoms with Gasteiger partial charge in [0.05, 0.1) is 0 Å². The minimum Gasteiger partial charge on any atom is -0.316 e. The van der Waals surface area contributed by atoms with E-state index in [4.69, 9.17) is 11.6 Å². The van der Waals surface area contributed by atoms with E-state index in [1.807, 2.05) is 24.3 Å². The van der Waals surface area contributed by atoms with E-state index in [1.54, 1.807) is 18.8 Å². The Bertz CT molecular complexity index is 367. The SMILES string of the molecule is CNC(CCCC(F)(F)F)CSc1ccc(Cl)cc1. The Morgan fingerprint density at radius 1 is 1.26 bits per heavy atom. The third kappa shape index (κ3) is 7.70. The van der Waals surface area contributed by atoms with E-state index in [9.17, 15) is 13.2 Å². The molecule has 108 valence electrons. The lowest BCUT2D eigenvalue weighted by molar-refractivity contribution is -0.135. The van der Waals surface area contributed by atoms with E-state index in [2.05, 4.69) is 5.32 Å². The van der Waals surface area contributed by atoms with Gasteiger partial charge in [0.25, 0.3) is 0 Å². The van der Waals surface area contributed by atoms with Crippen LogP contribution in [0.4, 0.5) is 13.2 Å². The summed E-state index contributed by atoms with van der Waals surface area (Å²) in [6.07, 6.45) is -4.08. The molecule has 0 saturated heterocycles. The average Bonchev–Trinajstić information content (AvgIpc) is 2.34. The highest BCUT2D eigenvalue weighted by molar-refractivity contribution is 7.99. The van der Waals surface area contributed by atoms with Crippen molar-refractivity contribution < 1.29 is 13.2 Å². The lowest BCUT2D eigenvalue weighted by Crippen LogP contribution is -2.28. The molecule has 0 aromatic heterocycles. The van der Waals surface area contributed by atoms with Crippen molar-refractivity contribution in [3.05, 3.63) is 29.3 Å². The molecule has 19 heavy (non-hydrogen) atoms. The molecule has 0 heterocycles. The summed E-state index contributed by atoms with van der Waals surface area (Å²) in [5.74, 6) is 0.746. The van der Waals surface area contributed by atoms with Gasteiger partial charge in [0.2, 0.25) is 0 Å². The van der Waals surface area contributed by atoms with Gasteiger partial charge in [-0.1, -0.05) is 11.6 Å². The van der Waals surface area contributed by atoms with E-state index >= 15 is 0 Å². The number of benzene rings is 1. The molecule has 1 aromatic rings. The van der Waals surface area contributed by atoms with Crippen LogP contribution >= 0.6 is 23.4 Å². The van der Waals surface area contributed by atoms with Gasteiger partial charge in [-0.05, 0) is 44.2 Å². The topological polar surface area (TPSA) is 12.0 Å². The summed E-state index contributed by atoms with van der Waals surface area (Å²) in [6.45, 7) is 0. The number of hydrogen-bond acceptors (Lipinski definition) is 2. The van der Waals surface area contributed by atoms with Crippen molar-refractivity contribution >= 4 is 23.4 Å². The molecule has 1 aromatic carbocycles. The molecule has 1 unspecified atom stereocenters. The molecule has 1 atom stereocenters. The molecule has 1 nitrogen and oxygen atoms in total. The standard InChI is InChI=1S/C13H17ClF3NS/c1-18-11(3-2-8-13(15,16)17)9-19-12-6-4-10(14)5-7-12/h4-7,11,18H,2-3,8-9H2,1H3. The fourth-order valence-electron chi connectivity index (χ4n) is 1.59. The predicted octanol–water partition coefficient (Wildman–Crippen LogP) is 4.75. The molecule has 0 aliphatic carbocycles. The van der Waals surface area contributed by atoms with Crippen molar-refractivity contribution in [1.29, 1.82) is 0 Å². The summed E-state index contributed by atoms with van der Waals surface area (Å²) in [4.78, 5) is 1.07. The minimum atomic E-state index is -4.05. The van der Waals surface area contributed by atoms with Gasteiger partial charge in [-0.15, -0.1) is 11.8 Å². The predicted molar refractivity (Wildman–Crippen MR) is 74.9 cm³/mol. The number of rotatable bonds is 7. The lowest BCUT2D eigenvalue weighted by Gasteiger charge is -2.16. The maximum absolute atomic E-state index is 12.1. The van der Waals surface area contributed by atoms with E-state index in [0.717, 1.165) is 10.6 Å². The van der Waals surface area contributed by atoms with E-state index in [1.165, 1.54) is 0 Å². The van der Waals surface area contributed by atoms with Crippen molar-refractivity contribution in [2.75, 3.05) is 12.8 Å². The van der Waals surface area contributed by atoms with Crippen molar-refractivity contribution in [3.8, 4) is 0 Å². The first-order valence-electron chi connectivity index (χ1n) is 6.03. The van der Waals surface area contributed by atoms with Crippen LogP contribution in [0, 0.1) is 0 Å². The van der Waals surface area contributed by atoms with Crippen molar-refractivity contribution in [1.82, 2.24) is 5.32 Å². The van der Waals surface area contributed by atoms with Gasteiger partial charge >= 0.3 is 6.18 Å². The number of alkyl halides is 3. The Labute approximate surface area is 120 Å². The quantitative estimate of drug-likeness (QED) is 0.729. The Balaban J connectivity index is 2.30. The highest BCUT2D eigenvalue weighted by Gasteiger charge is 2.26. The average molecular weight is 312 g/mol. The summed E-state index contributed by atoms with van der Waals surface area (Å²) in [7, 11) is 1.78. The van der Waals surface area contributed by atoms with Gasteiger partial charge < -0.3 is 5.32 Å². The first-order chi connectivity index (χ1) is 8.90. The molecule has 0 aliphatic heterocycles. The van der Waals surface area contributed by atoms with Crippen LogP contribution in [-0.2, 0) is 0 Å². The van der Waals surface area contributed by atoms with Gasteiger partial charge in [0.15, 0.2) is 0 Å². The van der Waals surface area contributed by atoms with Gasteiger partial charge in [-0.2, -0.15) is 13.2 Å². The van der Waals surface area contributed by atoms with Gasteiger partial charge in [-0.3, -0.25) is 0 Å². The molecule has 1 rings (SSSR count). The Morgan fingerprint density at radius 2 is 1.89 bits per heavy atom. The third-order valence-corrected chi connectivity index (χ3v) is 4.11. The summed E-state index contributed by atoms with van der Waals surface area (Å²) in [6, 6.07) is 7.53. The molecule has 0 radical (unpaired) electrons. The van der Waals surface area contributed by atoms with Gasteiger partial charge in [-0.25, -0.2) is 0 Å². The summed E-state index contributed by atoms with van der Waals surface area (Å²) < 4.78 is 36.2. The summed E-state index contributed by atoms with van der Waals surface area (Å²) in [5, 5.41) is 3.74. The summed E-state index contributed by atoms with van der Waals surface area (Å²) >= 11 is 7.40. The second-order valence-electron chi connectivity index (χ2n) is 4.26. The van der Waals surface area contributed by atoms with E-state index in [-0.39, 0.29) is 12.5 Å². The summed E-state index contributed by atoms with van der Waals surface area (Å²) in [5.41, 5.74) is 0. The molecule has 0 saturated carbocycles. The molecule has 0 bridgehead atoms. The third-order valence-electron chi connectivity index (χ3n) is 2.69. The van der Waals surface area contributed by atoms with Crippen LogP contribution < -0.4 is 5.32 Å². The highest BCUT2D eigenvalue weighted by atomic mass is 35.5. The van der Waals surface area contributed by atoms with Crippen LogP contribution in [0.1, 0.15) is 19.3 Å². The Kier molecular flexibility index (Phi) is 7.04. The molecule has 0 aliphatic rings. The highest BCUT2D eigenvalue weighted by Crippen LogP contribution is 2.25. The molecule has 1 N–H and O–H groups in total. The Morgan fingerprint density at radius 3 is 2.42 bits per heavy atom. The maximum atomic E-state index is 12.1. The zero-order valence-electron chi connectivity index (χ0n) is 10.6. The number of nitrogens with one attached hydrogen (secondary N) is 1. The second kappa shape index (κ2) is 8.02. The fraction of sp³-hybridized carbons (Fsp3) is 0.538. The molecule has 0 spiro atoms. The number of hydrogen-bond donors (Lipinski definition) is 1. The number of halogens is 4. The largest absolute Gasteiger partial charge is 0.389 e. The van der Waals surface area contributed by atoms with Crippen molar-refractivity contribution in [3.63, 3.8) is 0 Å². The Hall–Kier alpha value is -0.390. The van der Waals surface area contributed by atoms with Crippen LogP contribution in [-0.4, -0.2) is 25.0 Å². The monoisotopic (exact) mass is 311 g/mol. The van der Waals surface area contributed by atoms with E-state index in [0.29, 0.717) is 11.4 Å². The lowest BCUT2D eigenvalue weighted by atomic mass is 10.1. The van der Waals surface area contributed by atoms with Gasteiger partial charge in [0.1, 0.15) is 0 Å². The van der Waals surface area contributed by atoms with Crippen molar-refractivity contribution in [2.45, 2.75) is 36.4 Å². The molecule has 0 amide bonds. The van der Waals surface area contributed by atoms with E-state index < -0.39 is 12.6 Å². The second-order valence-corrected chi connectivity index (χ2v) is 5.79. The van der Waals surface area contributed by atoms with Gasteiger partial charge in [0, 0.05) is 28.1 Å². The normalized spacial score (nSPS) is 13.5. The molecular weight excluding hydrogens is 295 g/mol.